The molecule has 0 aromatic heterocycles. The van der Waals surface area contributed by atoms with E-state index in [2.05, 4.69) is 26.6 Å². The maximum Gasteiger partial charge on any atom is 0.327 e. The molecule has 2 rings (SSSR count). The van der Waals surface area contributed by atoms with Gasteiger partial charge in [0.05, 0.1) is 5.92 Å². The van der Waals surface area contributed by atoms with E-state index in [1.54, 1.807) is 0 Å². The van der Waals surface area contributed by atoms with Crippen LogP contribution < -0.4 is 26.6 Å². The summed E-state index contributed by atoms with van der Waals surface area (Å²) in [7, 11) is 0. The van der Waals surface area contributed by atoms with Crippen molar-refractivity contribution in [1.82, 2.24) is 16.0 Å². The second kappa shape index (κ2) is 17.3. The summed E-state index contributed by atoms with van der Waals surface area (Å²) in [4.78, 5) is 49.1. The summed E-state index contributed by atoms with van der Waals surface area (Å²) in [6.45, 7) is 9.61. The van der Waals surface area contributed by atoms with Gasteiger partial charge in [-0.3, -0.25) is 9.59 Å². The Hall–Kier alpha value is -4.03. The van der Waals surface area contributed by atoms with Gasteiger partial charge in [-0.2, -0.15) is 0 Å². The number of thiocarbonyl (C=S) groups is 1. The lowest BCUT2D eigenvalue weighted by Crippen LogP contribution is -2.49. The first-order valence-electron chi connectivity index (χ1n) is 14.6. The molecule has 7 N–H and O–H groups in total. The molecule has 0 bridgehead atoms. The molecule has 2 aromatic carbocycles. The Morgan fingerprint density at radius 1 is 0.818 bits per heavy atom. The van der Waals surface area contributed by atoms with E-state index in [0.717, 1.165) is 16.9 Å². The molecule has 2 amide bonds. The molecular formula is C32H45N5O6S. The molecule has 44 heavy (non-hydrogen) atoms. The number of rotatable bonds is 16. The maximum atomic E-state index is 13.4. The molecule has 3 unspecified atom stereocenters. The number of hydrogen-bond acceptors (Lipinski definition) is 6. The van der Waals surface area contributed by atoms with Crippen molar-refractivity contribution in [2.45, 2.75) is 71.9 Å². The highest BCUT2D eigenvalue weighted by Gasteiger charge is 2.28. The van der Waals surface area contributed by atoms with Crippen LogP contribution in [0.3, 0.4) is 0 Å². The Balaban J connectivity index is 1.98. The summed E-state index contributed by atoms with van der Waals surface area (Å²) >= 11 is 5.38. The highest BCUT2D eigenvalue weighted by Crippen LogP contribution is 2.26. The fourth-order valence-electron chi connectivity index (χ4n) is 4.43. The smallest absolute Gasteiger partial charge is 0.327 e. The van der Waals surface area contributed by atoms with E-state index in [1.165, 1.54) is 0 Å². The SMILES string of the molecule is CC(C)CC(C(=O)NC(CNCCC(NC(=O)CC(C)(C)C)C(=O)O)C(=O)O)c1ccc(NC(=S)Nc2ccccc2)cc1. The molecular weight excluding hydrogens is 582 g/mol. The Labute approximate surface area is 264 Å². The molecule has 0 fully saturated rings. The molecule has 0 saturated heterocycles. The first-order valence-corrected chi connectivity index (χ1v) is 15.0. The number of nitrogens with one attached hydrogen (secondary N) is 5. The Morgan fingerprint density at radius 3 is 1.91 bits per heavy atom. The summed E-state index contributed by atoms with van der Waals surface area (Å²) in [5.74, 6) is -3.62. The minimum atomic E-state index is -1.24. The van der Waals surface area contributed by atoms with Crippen LogP contribution in [-0.4, -0.2) is 64.3 Å². The third-order valence-electron chi connectivity index (χ3n) is 6.52. The largest absolute Gasteiger partial charge is 0.480 e. The van der Waals surface area contributed by atoms with Gasteiger partial charge in [0.15, 0.2) is 5.11 Å². The topological polar surface area (TPSA) is 169 Å². The summed E-state index contributed by atoms with van der Waals surface area (Å²) < 4.78 is 0. The summed E-state index contributed by atoms with van der Waals surface area (Å²) in [6, 6.07) is 14.4. The van der Waals surface area contributed by atoms with Gasteiger partial charge in [-0.25, -0.2) is 9.59 Å². The van der Waals surface area contributed by atoms with Gasteiger partial charge < -0.3 is 36.8 Å². The van der Waals surface area contributed by atoms with E-state index < -0.39 is 35.8 Å². The molecule has 0 aliphatic heterocycles. The Morgan fingerprint density at radius 2 is 1.39 bits per heavy atom. The standard InChI is InChI=1S/C32H45N5O6S/c1-20(2)17-24(21-11-13-23(14-12-21)35-31(44)34-22-9-7-6-8-10-22)28(39)37-26(30(42)43)19-33-16-15-25(29(40)41)36-27(38)18-32(3,4)5/h6-14,20,24-26,33H,15-19H2,1-5H3,(H,36,38)(H,37,39)(H,40,41)(H,42,43)(H2,34,35,44). The number of carboxylic acid groups (broad SMARTS) is 2. The van der Waals surface area contributed by atoms with Gasteiger partial charge in [-0.15, -0.1) is 0 Å². The average molecular weight is 628 g/mol. The lowest BCUT2D eigenvalue weighted by Gasteiger charge is -2.23. The lowest BCUT2D eigenvalue weighted by molar-refractivity contribution is -0.142. The molecule has 12 heteroatoms. The number of carboxylic acids is 2. The molecule has 240 valence electrons. The zero-order valence-corrected chi connectivity index (χ0v) is 26.8. The van der Waals surface area contributed by atoms with Crippen LogP contribution in [0.25, 0.3) is 0 Å². The number of aliphatic carboxylic acids is 2. The number of benzene rings is 2. The summed E-state index contributed by atoms with van der Waals surface area (Å²) in [6.07, 6.45) is 0.722. The minimum Gasteiger partial charge on any atom is -0.480 e. The normalized spacial score (nSPS) is 13.3. The fraction of sp³-hybridized carbons (Fsp3) is 0.469. The van der Waals surface area contributed by atoms with E-state index >= 15 is 0 Å². The zero-order chi connectivity index (χ0) is 32.9. The molecule has 0 spiro atoms. The van der Waals surface area contributed by atoms with E-state index in [4.69, 9.17) is 12.2 Å². The van der Waals surface area contributed by atoms with Gasteiger partial charge in [0.1, 0.15) is 12.1 Å². The van der Waals surface area contributed by atoms with Crippen LogP contribution in [0.2, 0.25) is 0 Å². The third-order valence-corrected chi connectivity index (χ3v) is 6.73. The third kappa shape index (κ3) is 13.5. The quantitative estimate of drug-likeness (QED) is 0.106. The number of anilines is 2. The number of carbonyl (C=O) groups is 4. The molecule has 0 aliphatic carbocycles. The van der Waals surface area contributed by atoms with Crippen molar-refractivity contribution in [3.63, 3.8) is 0 Å². The predicted molar refractivity (Wildman–Crippen MR) is 176 cm³/mol. The highest BCUT2D eigenvalue weighted by molar-refractivity contribution is 7.80. The van der Waals surface area contributed by atoms with Crippen molar-refractivity contribution in [3.8, 4) is 0 Å². The van der Waals surface area contributed by atoms with Crippen LogP contribution >= 0.6 is 12.2 Å². The zero-order valence-electron chi connectivity index (χ0n) is 26.0. The van der Waals surface area contributed by atoms with E-state index in [9.17, 15) is 29.4 Å². The van der Waals surface area contributed by atoms with Gasteiger partial charge in [-0.05, 0) is 72.8 Å². The van der Waals surface area contributed by atoms with Gasteiger partial charge in [0.25, 0.3) is 0 Å². The molecule has 0 heterocycles. The first kappa shape index (κ1) is 36.2. The number of para-hydroxylation sites is 1. The van der Waals surface area contributed by atoms with Crippen LogP contribution in [0.15, 0.2) is 54.6 Å². The van der Waals surface area contributed by atoms with E-state index in [-0.39, 0.29) is 43.2 Å². The van der Waals surface area contributed by atoms with Crippen LogP contribution in [-0.2, 0) is 19.2 Å². The van der Waals surface area contributed by atoms with Crippen molar-refractivity contribution >= 4 is 52.5 Å². The Bertz CT molecular complexity index is 1260. The molecule has 3 atom stereocenters. The molecule has 11 nitrogen and oxygen atoms in total. The van der Waals surface area contributed by atoms with Gasteiger partial charge in [0.2, 0.25) is 11.8 Å². The van der Waals surface area contributed by atoms with Gasteiger partial charge in [-0.1, -0.05) is 65.0 Å². The van der Waals surface area contributed by atoms with Crippen LogP contribution in [0.5, 0.6) is 0 Å². The second-order valence-electron chi connectivity index (χ2n) is 12.3. The number of hydrogen-bond donors (Lipinski definition) is 7. The second-order valence-corrected chi connectivity index (χ2v) is 12.7. The average Bonchev–Trinajstić information content (AvgIpc) is 2.92. The Kier molecular flexibility index (Phi) is 14.2. The number of carbonyl (C=O) groups excluding carboxylic acids is 2. The van der Waals surface area contributed by atoms with E-state index in [0.29, 0.717) is 11.5 Å². The maximum absolute atomic E-state index is 13.4. The lowest BCUT2D eigenvalue weighted by atomic mass is 9.89. The molecule has 2 aromatic rings. The van der Waals surface area contributed by atoms with Crippen molar-refractivity contribution in [2.75, 3.05) is 23.7 Å². The molecule has 0 aliphatic rings. The predicted octanol–water partition coefficient (Wildman–Crippen LogP) is 4.18. The van der Waals surface area contributed by atoms with E-state index in [1.807, 2.05) is 89.2 Å². The monoisotopic (exact) mass is 627 g/mol. The first-order chi connectivity index (χ1) is 20.6. The molecule has 0 radical (unpaired) electrons. The van der Waals surface area contributed by atoms with Crippen molar-refractivity contribution in [2.24, 2.45) is 11.3 Å². The van der Waals surface area contributed by atoms with Crippen molar-refractivity contribution in [1.29, 1.82) is 0 Å². The number of amides is 2. The fourth-order valence-corrected chi connectivity index (χ4v) is 4.66. The van der Waals surface area contributed by atoms with Gasteiger partial charge in [0, 0.05) is 24.3 Å². The summed E-state index contributed by atoms with van der Waals surface area (Å²) in [5.41, 5.74) is 2.02. The van der Waals surface area contributed by atoms with Crippen LogP contribution in [0, 0.1) is 11.3 Å². The minimum absolute atomic E-state index is 0.0478. The highest BCUT2D eigenvalue weighted by atomic mass is 32.1. The van der Waals surface area contributed by atoms with Crippen molar-refractivity contribution < 1.29 is 29.4 Å². The van der Waals surface area contributed by atoms with Crippen LogP contribution in [0.1, 0.15) is 65.4 Å². The van der Waals surface area contributed by atoms with Gasteiger partial charge >= 0.3 is 11.9 Å². The van der Waals surface area contributed by atoms with Crippen molar-refractivity contribution in [3.05, 3.63) is 60.2 Å². The van der Waals surface area contributed by atoms with Crippen LogP contribution in [0.4, 0.5) is 11.4 Å². The summed E-state index contributed by atoms with van der Waals surface area (Å²) in [5, 5.41) is 33.9. The molecule has 0 saturated carbocycles.